The van der Waals surface area contributed by atoms with Crippen molar-refractivity contribution in [1.29, 1.82) is 0 Å². The SMILES string of the molecule is CC(=O)Oc1ccc2cc(C(=O)OC3COC4C(OC(=O)c5ccc6cc(OC=O)ccc6c5)COC34)ccc2c1. The van der Waals surface area contributed by atoms with Crippen LogP contribution in [0.2, 0.25) is 0 Å². The molecule has 10 nitrogen and oxygen atoms in total. The minimum atomic E-state index is -0.665. The Morgan fingerprint density at radius 3 is 1.66 bits per heavy atom. The summed E-state index contributed by atoms with van der Waals surface area (Å²) in [6.07, 6.45) is -2.48. The van der Waals surface area contributed by atoms with Gasteiger partial charge in [0, 0.05) is 6.92 Å². The Kier molecular flexibility index (Phi) is 7.08. The highest BCUT2D eigenvalue weighted by molar-refractivity contribution is 5.97. The van der Waals surface area contributed by atoms with Gasteiger partial charge in [-0.3, -0.25) is 9.59 Å². The Balaban J connectivity index is 1.08. The number of hydrogen-bond donors (Lipinski definition) is 0. The third-order valence-corrected chi connectivity index (χ3v) is 7.02. The Morgan fingerprint density at radius 1 is 0.683 bits per heavy atom. The molecule has 6 rings (SSSR count). The average Bonchev–Trinajstić information content (AvgIpc) is 3.55. The van der Waals surface area contributed by atoms with Crippen molar-refractivity contribution in [2.75, 3.05) is 13.2 Å². The first-order valence-electron chi connectivity index (χ1n) is 12.9. The molecule has 0 aromatic heterocycles. The number of benzene rings is 4. The second-order valence-electron chi connectivity index (χ2n) is 9.74. The van der Waals surface area contributed by atoms with Gasteiger partial charge >= 0.3 is 17.9 Å². The molecular weight excluding hydrogens is 532 g/mol. The summed E-state index contributed by atoms with van der Waals surface area (Å²) in [6, 6.07) is 20.3. The molecule has 0 bridgehead atoms. The van der Waals surface area contributed by atoms with Crippen molar-refractivity contribution in [1.82, 2.24) is 0 Å². The zero-order valence-electron chi connectivity index (χ0n) is 21.8. The first-order valence-corrected chi connectivity index (χ1v) is 12.9. The summed E-state index contributed by atoms with van der Waals surface area (Å²) in [5.41, 5.74) is 0.700. The normalized spacial score (nSPS) is 21.3. The van der Waals surface area contributed by atoms with E-state index in [1.54, 1.807) is 72.8 Å². The molecule has 4 atom stereocenters. The molecule has 4 aromatic rings. The topological polar surface area (TPSA) is 124 Å². The van der Waals surface area contributed by atoms with Gasteiger partial charge in [0.2, 0.25) is 0 Å². The molecule has 2 aliphatic rings. The quantitative estimate of drug-likeness (QED) is 0.187. The van der Waals surface area contributed by atoms with Crippen molar-refractivity contribution in [2.45, 2.75) is 31.3 Å². The van der Waals surface area contributed by atoms with Crippen LogP contribution in [0, 0.1) is 0 Å². The largest absolute Gasteiger partial charge is 0.453 e. The lowest BCUT2D eigenvalue weighted by Crippen LogP contribution is -2.36. The van der Waals surface area contributed by atoms with Crippen LogP contribution in [0.4, 0.5) is 0 Å². The van der Waals surface area contributed by atoms with Crippen LogP contribution in [0.15, 0.2) is 72.8 Å². The molecule has 41 heavy (non-hydrogen) atoms. The molecule has 0 amide bonds. The molecule has 10 heteroatoms. The summed E-state index contributed by atoms with van der Waals surface area (Å²) >= 11 is 0. The average molecular weight is 557 g/mol. The molecule has 2 fully saturated rings. The summed E-state index contributed by atoms with van der Waals surface area (Å²) < 4.78 is 33.1. The maximum Gasteiger partial charge on any atom is 0.338 e. The van der Waals surface area contributed by atoms with Crippen molar-refractivity contribution in [3.63, 3.8) is 0 Å². The Morgan fingerprint density at radius 2 is 1.15 bits per heavy atom. The van der Waals surface area contributed by atoms with Crippen molar-refractivity contribution >= 4 is 45.9 Å². The molecule has 2 heterocycles. The van der Waals surface area contributed by atoms with Gasteiger partial charge in [-0.25, -0.2) is 9.59 Å². The zero-order chi connectivity index (χ0) is 28.5. The molecule has 0 N–H and O–H groups in total. The maximum absolute atomic E-state index is 12.9. The highest BCUT2D eigenvalue weighted by atomic mass is 16.7. The lowest BCUT2D eigenvalue weighted by molar-refractivity contribution is -0.131. The third-order valence-electron chi connectivity index (χ3n) is 7.02. The fraction of sp³-hybridized carbons (Fsp3) is 0.226. The van der Waals surface area contributed by atoms with E-state index >= 15 is 0 Å². The van der Waals surface area contributed by atoms with E-state index in [4.69, 9.17) is 28.4 Å². The first kappa shape index (κ1) is 26.4. The van der Waals surface area contributed by atoms with Crippen LogP contribution in [0.5, 0.6) is 11.5 Å². The van der Waals surface area contributed by atoms with Crippen molar-refractivity contribution < 1.29 is 47.6 Å². The number of fused-ring (bicyclic) bond motifs is 3. The molecule has 2 aliphatic heterocycles. The van der Waals surface area contributed by atoms with Crippen LogP contribution in [-0.4, -0.2) is 62.0 Å². The molecule has 2 saturated heterocycles. The summed E-state index contributed by atoms with van der Waals surface area (Å²) in [5, 5.41) is 3.16. The Bertz CT molecular complexity index is 1680. The summed E-state index contributed by atoms with van der Waals surface area (Å²) in [4.78, 5) is 47.6. The standard InChI is InChI=1S/C31H24O10/c1-17(33)39-25-9-7-19-11-23(5-3-21(19)13-25)31(35)41-27-15-37-28-26(14-36-29(27)28)40-30(34)22-4-2-20-12-24(38-16-32)8-6-18(20)10-22/h2-13,16,26-29H,14-15H2,1H3. The van der Waals surface area contributed by atoms with Gasteiger partial charge in [-0.15, -0.1) is 0 Å². The monoisotopic (exact) mass is 556 g/mol. The fourth-order valence-electron chi connectivity index (χ4n) is 5.10. The van der Waals surface area contributed by atoms with Crippen LogP contribution < -0.4 is 9.47 Å². The molecule has 4 aromatic carbocycles. The number of carbonyl (C=O) groups is 4. The number of esters is 3. The summed E-state index contributed by atoms with van der Waals surface area (Å²) in [7, 11) is 0. The number of ether oxygens (including phenoxy) is 6. The van der Waals surface area contributed by atoms with Crippen molar-refractivity contribution in [3.05, 3.63) is 83.9 Å². The second kappa shape index (κ2) is 11.0. The zero-order valence-corrected chi connectivity index (χ0v) is 21.8. The van der Waals surface area contributed by atoms with Crippen molar-refractivity contribution in [2.24, 2.45) is 0 Å². The van der Waals surface area contributed by atoms with E-state index in [0.717, 1.165) is 21.5 Å². The molecule has 208 valence electrons. The smallest absolute Gasteiger partial charge is 0.338 e. The summed E-state index contributed by atoms with van der Waals surface area (Å²) in [5.74, 6) is -0.660. The van der Waals surface area contributed by atoms with Crippen LogP contribution in [0.3, 0.4) is 0 Å². The van der Waals surface area contributed by atoms with E-state index in [-0.39, 0.29) is 13.2 Å². The minimum Gasteiger partial charge on any atom is -0.453 e. The van der Waals surface area contributed by atoms with Gasteiger partial charge in [-0.2, -0.15) is 0 Å². The number of hydrogen-bond acceptors (Lipinski definition) is 10. The molecule has 0 saturated carbocycles. The van der Waals surface area contributed by atoms with Crippen LogP contribution >= 0.6 is 0 Å². The highest BCUT2D eigenvalue weighted by Gasteiger charge is 2.51. The third kappa shape index (κ3) is 5.47. The Hall–Kier alpha value is -4.80. The fourth-order valence-corrected chi connectivity index (χ4v) is 5.10. The van der Waals surface area contributed by atoms with E-state index < -0.39 is 42.3 Å². The predicted octanol–water partition coefficient (Wildman–Crippen LogP) is 4.00. The molecular formula is C31H24O10. The van der Waals surface area contributed by atoms with E-state index in [2.05, 4.69) is 0 Å². The Labute approximate surface area is 233 Å². The number of rotatable bonds is 7. The van der Waals surface area contributed by atoms with Crippen molar-refractivity contribution in [3.8, 4) is 11.5 Å². The van der Waals surface area contributed by atoms with E-state index in [1.165, 1.54) is 6.92 Å². The van der Waals surface area contributed by atoms with E-state index in [9.17, 15) is 19.2 Å². The summed E-state index contributed by atoms with van der Waals surface area (Å²) in [6.45, 7) is 1.90. The van der Waals surface area contributed by atoms with Gasteiger partial charge in [-0.05, 0) is 70.1 Å². The van der Waals surface area contributed by atoms with Gasteiger partial charge in [0.1, 0.15) is 23.7 Å². The molecule has 4 unspecified atom stereocenters. The maximum atomic E-state index is 12.9. The molecule has 0 aliphatic carbocycles. The van der Waals surface area contributed by atoms with E-state index in [1.807, 2.05) is 0 Å². The van der Waals surface area contributed by atoms with Gasteiger partial charge in [0.05, 0.1) is 24.3 Å². The lowest BCUT2D eigenvalue weighted by Gasteiger charge is -2.17. The predicted molar refractivity (Wildman–Crippen MR) is 144 cm³/mol. The van der Waals surface area contributed by atoms with Gasteiger partial charge in [0.25, 0.3) is 6.47 Å². The second-order valence-corrected chi connectivity index (χ2v) is 9.74. The van der Waals surface area contributed by atoms with E-state index in [0.29, 0.717) is 29.1 Å². The first-order chi connectivity index (χ1) is 19.9. The lowest BCUT2D eigenvalue weighted by atomic mass is 10.1. The molecule has 0 spiro atoms. The van der Waals surface area contributed by atoms with Gasteiger partial charge in [-0.1, -0.05) is 24.3 Å². The van der Waals surface area contributed by atoms with Crippen LogP contribution in [-0.2, 0) is 28.5 Å². The van der Waals surface area contributed by atoms with Crippen LogP contribution in [0.25, 0.3) is 21.5 Å². The van der Waals surface area contributed by atoms with Gasteiger partial charge in [0.15, 0.2) is 12.2 Å². The highest BCUT2D eigenvalue weighted by Crippen LogP contribution is 2.32. The van der Waals surface area contributed by atoms with Gasteiger partial charge < -0.3 is 28.4 Å². The van der Waals surface area contributed by atoms with Crippen LogP contribution in [0.1, 0.15) is 27.6 Å². The number of carbonyl (C=O) groups excluding carboxylic acids is 4. The molecule has 0 radical (unpaired) electrons. The minimum absolute atomic E-state index is 0.107.